The molecule has 1 aliphatic carbocycles. The fraction of sp³-hybridized carbons (Fsp3) is 0.727. The summed E-state index contributed by atoms with van der Waals surface area (Å²) < 4.78 is 5.49. The first-order chi connectivity index (χ1) is 6.46. The van der Waals surface area contributed by atoms with Crippen molar-refractivity contribution in [3.05, 3.63) is 0 Å². The molecule has 1 rings (SSSR count). The van der Waals surface area contributed by atoms with E-state index >= 15 is 0 Å². The minimum absolute atomic E-state index is 0.0827. The Morgan fingerprint density at radius 2 is 2.14 bits per heavy atom. The van der Waals surface area contributed by atoms with Gasteiger partial charge in [0.1, 0.15) is 12.0 Å². The van der Waals surface area contributed by atoms with Crippen LogP contribution in [0.15, 0.2) is 0 Å². The van der Waals surface area contributed by atoms with E-state index in [9.17, 15) is 4.79 Å². The molecule has 0 aromatic heterocycles. The summed E-state index contributed by atoms with van der Waals surface area (Å²) in [6.07, 6.45) is 7.15. The van der Waals surface area contributed by atoms with E-state index in [0.717, 1.165) is 19.4 Å². The summed E-state index contributed by atoms with van der Waals surface area (Å²) in [5.74, 6) is 2.55. The van der Waals surface area contributed by atoms with Crippen LogP contribution < -0.4 is 0 Å². The number of terminal acetylenes is 1. The monoisotopic (exact) mass is 196 g/mol. The summed E-state index contributed by atoms with van der Waals surface area (Å²) in [7, 11) is 5.54. The average molecular weight is 196 g/mol. The van der Waals surface area contributed by atoms with E-state index in [0.29, 0.717) is 11.0 Å². The first-order valence-electron chi connectivity index (χ1n) is 4.80. The lowest BCUT2D eigenvalue weighted by Gasteiger charge is -2.30. The Bertz CT molecular complexity index is 272. The Morgan fingerprint density at radius 1 is 1.57 bits per heavy atom. The zero-order valence-corrected chi connectivity index (χ0v) is 9.17. The summed E-state index contributed by atoms with van der Waals surface area (Å²) in [6, 6.07) is 0. The molecule has 0 unspecified atom stereocenters. The summed E-state index contributed by atoms with van der Waals surface area (Å²) in [5.41, 5.74) is -0.241. The predicted molar refractivity (Wildman–Crippen MR) is 54.4 cm³/mol. The van der Waals surface area contributed by atoms with Crippen molar-refractivity contribution in [3.63, 3.8) is 0 Å². The standard InChI is InChI=1S/C11H18NO2/c1-5-8-12(2,3)9-11(6-7-11)10(13)14-4/h1H,6-9H2,2-4H3/q+1. The number of carbonyl (C=O) groups is 1. The second kappa shape index (κ2) is 3.62. The molecule has 0 radical (unpaired) electrons. The first-order valence-corrected chi connectivity index (χ1v) is 4.80. The van der Waals surface area contributed by atoms with Crippen LogP contribution in [0.1, 0.15) is 12.8 Å². The Balaban J connectivity index is 2.60. The van der Waals surface area contributed by atoms with Crippen LogP contribution in [0.4, 0.5) is 0 Å². The number of quaternary nitrogens is 1. The van der Waals surface area contributed by atoms with Crippen LogP contribution >= 0.6 is 0 Å². The van der Waals surface area contributed by atoms with E-state index in [1.165, 1.54) is 7.11 Å². The third-order valence-corrected chi connectivity index (χ3v) is 2.72. The summed E-state index contributed by atoms with van der Waals surface area (Å²) >= 11 is 0. The third-order valence-electron chi connectivity index (χ3n) is 2.72. The fourth-order valence-corrected chi connectivity index (χ4v) is 1.92. The Morgan fingerprint density at radius 3 is 2.50 bits per heavy atom. The molecule has 0 bridgehead atoms. The predicted octanol–water partition coefficient (Wildman–Crippen LogP) is 0.649. The van der Waals surface area contributed by atoms with Gasteiger partial charge >= 0.3 is 5.97 Å². The molecular formula is C11H18NO2+. The minimum Gasteiger partial charge on any atom is -0.468 e. The Hall–Kier alpha value is -1.01. The number of hydrogen-bond acceptors (Lipinski definition) is 2. The van der Waals surface area contributed by atoms with Crippen molar-refractivity contribution in [2.24, 2.45) is 5.41 Å². The van der Waals surface area contributed by atoms with Gasteiger partial charge in [0.05, 0.1) is 27.7 Å². The molecule has 3 nitrogen and oxygen atoms in total. The largest absolute Gasteiger partial charge is 0.468 e. The van der Waals surface area contributed by atoms with Gasteiger partial charge in [-0.3, -0.25) is 4.79 Å². The molecule has 78 valence electrons. The zero-order valence-electron chi connectivity index (χ0n) is 9.17. The van der Waals surface area contributed by atoms with Gasteiger partial charge in [0.25, 0.3) is 0 Å². The van der Waals surface area contributed by atoms with Gasteiger partial charge in [-0.1, -0.05) is 0 Å². The lowest BCUT2D eigenvalue weighted by Crippen LogP contribution is -2.46. The van der Waals surface area contributed by atoms with Gasteiger partial charge in [-0.25, -0.2) is 0 Å². The van der Waals surface area contributed by atoms with Crippen LogP contribution in [0.3, 0.4) is 0 Å². The van der Waals surface area contributed by atoms with Gasteiger partial charge in [-0.05, 0) is 18.8 Å². The van der Waals surface area contributed by atoms with Crippen LogP contribution in [0.5, 0.6) is 0 Å². The number of esters is 1. The number of ether oxygens (including phenoxy) is 1. The van der Waals surface area contributed by atoms with Crippen LogP contribution in [0, 0.1) is 17.8 Å². The average Bonchev–Trinajstić information content (AvgIpc) is 2.83. The molecule has 0 aromatic rings. The number of carbonyl (C=O) groups excluding carboxylic acids is 1. The molecular weight excluding hydrogens is 178 g/mol. The third kappa shape index (κ3) is 2.27. The highest BCUT2D eigenvalue weighted by Crippen LogP contribution is 2.48. The van der Waals surface area contributed by atoms with E-state index in [2.05, 4.69) is 5.92 Å². The van der Waals surface area contributed by atoms with Crippen LogP contribution in [0.25, 0.3) is 0 Å². The second-order valence-electron chi connectivity index (χ2n) is 4.73. The Labute approximate surface area is 85.6 Å². The van der Waals surface area contributed by atoms with E-state index < -0.39 is 0 Å². The van der Waals surface area contributed by atoms with Gasteiger partial charge in [-0.2, -0.15) is 0 Å². The molecule has 0 amide bonds. The molecule has 0 spiro atoms. The Kier molecular flexibility index (Phi) is 2.86. The zero-order chi connectivity index (χ0) is 10.8. The molecule has 0 aromatic carbocycles. The molecule has 3 heteroatoms. The fourth-order valence-electron chi connectivity index (χ4n) is 1.92. The number of nitrogens with zero attached hydrogens (tertiary/aromatic N) is 1. The smallest absolute Gasteiger partial charge is 0.317 e. The maximum absolute atomic E-state index is 11.5. The van der Waals surface area contributed by atoms with Crippen molar-refractivity contribution in [1.82, 2.24) is 0 Å². The van der Waals surface area contributed by atoms with Crippen molar-refractivity contribution in [1.29, 1.82) is 0 Å². The molecule has 1 saturated carbocycles. The summed E-state index contributed by atoms with van der Waals surface area (Å²) in [5, 5.41) is 0. The molecule has 1 aliphatic rings. The summed E-state index contributed by atoms with van der Waals surface area (Å²) in [4.78, 5) is 11.5. The number of methoxy groups -OCH3 is 1. The van der Waals surface area contributed by atoms with Crippen LogP contribution in [0.2, 0.25) is 0 Å². The van der Waals surface area contributed by atoms with E-state index in [1.807, 2.05) is 14.1 Å². The molecule has 14 heavy (non-hydrogen) atoms. The molecule has 0 atom stereocenters. The maximum Gasteiger partial charge on any atom is 0.317 e. The van der Waals surface area contributed by atoms with E-state index in [4.69, 9.17) is 11.2 Å². The molecule has 0 N–H and O–H groups in total. The highest BCUT2D eigenvalue weighted by atomic mass is 16.5. The summed E-state index contributed by atoms with van der Waals surface area (Å²) in [6.45, 7) is 1.43. The second-order valence-corrected chi connectivity index (χ2v) is 4.73. The van der Waals surface area contributed by atoms with Crippen molar-refractivity contribution in [2.75, 3.05) is 34.3 Å². The molecule has 0 aliphatic heterocycles. The molecule has 0 heterocycles. The molecule has 1 fully saturated rings. The van der Waals surface area contributed by atoms with Gasteiger partial charge in [0.2, 0.25) is 0 Å². The van der Waals surface area contributed by atoms with Crippen molar-refractivity contribution in [2.45, 2.75) is 12.8 Å². The van der Waals surface area contributed by atoms with Crippen LogP contribution in [-0.2, 0) is 9.53 Å². The minimum atomic E-state index is -0.241. The van der Waals surface area contributed by atoms with Gasteiger partial charge in [-0.15, -0.1) is 6.42 Å². The lowest BCUT2D eigenvalue weighted by molar-refractivity contribution is -0.886. The van der Waals surface area contributed by atoms with E-state index in [-0.39, 0.29) is 11.4 Å². The normalized spacial score (nSPS) is 18.4. The van der Waals surface area contributed by atoms with Crippen LogP contribution in [-0.4, -0.2) is 44.7 Å². The van der Waals surface area contributed by atoms with Gasteiger partial charge < -0.3 is 9.22 Å². The van der Waals surface area contributed by atoms with Crippen molar-refractivity contribution < 1.29 is 14.0 Å². The highest BCUT2D eigenvalue weighted by Gasteiger charge is 2.55. The maximum atomic E-state index is 11.5. The van der Waals surface area contributed by atoms with Crippen molar-refractivity contribution >= 4 is 5.97 Å². The van der Waals surface area contributed by atoms with Crippen molar-refractivity contribution in [3.8, 4) is 12.3 Å². The SMILES string of the molecule is C#CC[N+](C)(C)CC1(C(=O)OC)CC1. The number of hydrogen-bond donors (Lipinski definition) is 0. The quantitative estimate of drug-likeness (QED) is 0.375. The van der Waals surface area contributed by atoms with Gasteiger partial charge in [0, 0.05) is 0 Å². The van der Waals surface area contributed by atoms with Gasteiger partial charge in [0.15, 0.2) is 0 Å². The topological polar surface area (TPSA) is 26.3 Å². The molecule has 0 saturated heterocycles. The number of rotatable bonds is 4. The lowest BCUT2D eigenvalue weighted by atomic mass is 10.1. The first kappa shape index (κ1) is 11.1. The van der Waals surface area contributed by atoms with E-state index in [1.54, 1.807) is 0 Å². The highest BCUT2D eigenvalue weighted by molar-refractivity contribution is 5.79.